The molecule has 1 aliphatic heterocycles. The van der Waals surface area contributed by atoms with E-state index in [1.165, 1.54) is 24.8 Å². The van der Waals surface area contributed by atoms with Gasteiger partial charge in [0.15, 0.2) is 0 Å². The number of rotatable bonds is 6. The average molecular weight is 276 g/mol. The van der Waals surface area contributed by atoms with Crippen LogP contribution in [0.3, 0.4) is 0 Å². The molecule has 20 heavy (non-hydrogen) atoms. The summed E-state index contributed by atoms with van der Waals surface area (Å²) in [5.74, 6) is 0. The molecule has 1 saturated heterocycles. The first kappa shape index (κ1) is 15.5. The van der Waals surface area contributed by atoms with Crippen LogP contribution in [0.15, 0.2) is 30.3 Å². The Labute approximate surface area is 123 Å². The Morgan fingerprint density at radius 2 is 2.05 bits per heavy atom. The SMILES string of the molecule is CCNC(CO)(CN1CCCCC1C)c1ccccc1. The highest BCUT2D eigenvalue weighted by Crippen LogP contribution is 2.26. The minimum absolute atomic E-state index is 0.133. The molecule has 1 aliphatic rings. The van der Waals surface area contributed by atoms with Crippen molar-refractivity contribution in [3.05, 3.63) is 35.9 Å². The Morgan fingerprint density at radius 1 is 1.30 bits per heavy atom. The van der Waals surface area contributed by atoms with Gasteiger partial charge in [0.05, 0.1) is 12.1 Å². The van der Waals surface area contributed by atoms with Gasteiger partial charge in [-0.2, -0.15) is 0 Å². The zero-order valence-corrected chi connectivity index (χ0v) is 12.8. The molecular formula is C17H28N2O. The summed E-state index contributed by atoms with van der Waals surface area (Å²) in [6.45, 7) is 7.42. The summed E-state index contributed by atoms with van der Waals surface area (Å²) >= 11 is 0. The van der Waals surface area contributed by atoms with Crippen molar-refractivity contribution in [2.24, 2.45) is 0 Å². The van der Waals surface area contributed by atoms with Crippen molar-refractivity contribution in [2.75, 3.05) is 26.2 Å². The third kappa shape index (κ3) is 3.40. The van der Waals surface area contributed by atoms with Crippen molar-refractivity contribution in [2.45, 2.75) is 44.7 Å². The van der Waals surface area contributed by atoms with E-state index < -0.39 is 0 Å². The second-order valence-corrected chi connectivity index (χ2v) is 5.95. The summed E-state index contributed by atoms with van der Waals surface area (Å²) in [7, 11) is 0. The van der Waals surface area contributed by atoms with E-state index in [-0.39, 0.29) is 12.1 Å². The van der Waals surface area contributed by atoms with E-state index in [4.69, 9.17) is 0 Å². The molecule has 1 aromatic carbocycles. The van der Waals surface area contributed by atoms with Crippen LogP contribution < -0.4 is 5.32 Å². The number of hydrogen-bond donors (Lipinski definition) is 2. The largest absolute Gasteiger partial charge is 0.394 e. The lowest BCUT2D eigenvalue weighted by atomic mass is 9.88. The van der Waals surface area contributed by atoms with Gasteiger partial charge in [0, 0.05) is 12.6 Å². The van der Waals surface area contributed by atoms with Gasteiger partial charge in [0.1, 0.15) is 0 Å². The number of piperidine rings is 1. The predicted octanol–water partition coefficient (Wildman–Crippen LogP) is 2.36. The normalized spacial score (nSPS) is 23.4. The number of nitrogens with zero attached hydrogens (tertiary/aromatic N) is 1. The molecule has 0 spiro atoms. The number of likely N-dealkylation sites (N-methyl/N-ethyl adjacent to an activating group) is 1. The summed E-state index contributed by atoms with van der Waals surface area (Å²) in [5, 5.41) is 13.6. The Balaban J connectivity index is 2.22. The minimum atomic E-state index is -0.346. The Bertz CT molecular complexity index is 395. The van der Waals surface area contributed by atoms with E-state index in [2.05, 4.69) is 48.3 Å². The van der Waals surface area contributed by atoms with E-state index in [1.54, 1.807) is 0 Å². The molecule has 3 nitrogen and oxygen atoms in total. The summed E-state index contributed by atoms with van der Waals surface area (Å²) in [6.07, 6.45) is 3.87. The summed E-state index contributed by atoms with van der Waals surface area (Å²) in [6, 6.07) is 11.0. The molecule has 2 rings (SSSR count). The zero-order chi connectivity index (χ0) is 14.4. The molecule has 0 bridgehead atoms. The molecule has 0 aromatic heterocycles. The van der Waals surface area contributed by atoms with Gasteiger partial charge in [-0.15, -0.1) is 0 Å². The van der Waals surface area contributed by atoms with Gasteiger partial charge in [-0.25, -0.2) is 0 Å². The van der Waals surface area contributed by atoms with E-state index in [0.29, 0.717) is 6.04 Å². The number of benzene rings is 1. The van der Waals surface area contributed by atoms with E-state index in [1.807, 2.05) is 6.07 Å². The van der Waals surface area contributed by atoms with Crippen molar-refractivity contribution in [3.63, 3.8) is 0 Å². The Hall–Kier alpha value is -0.900. The minimum Gasteiger partial charge on any atom is -0.394 e. The molecular weight excluding hydrogens is 248 g/mol. The molecule has 1 heterocycles. The van der Waals surface area contributed by atoms with Gasteiger partial charge < -0.3 is 10.4 Å². The molecule has 1 fully saturated rings. The van der Waals surface area contributed by atoms with E-state index in [0.717, 1.165) is 19.6 Å². The van der Waals surface area contributed by atoms with Crippen LogP contribution in [0.4, 0.5) is 0 Å². The average Bonchev–Trinajstić information content (AvgIpc) is 2.50. The lowest BCUT2D eigenvalue weighted by molar-refractivity contribution is 0.0708. The smallest absolute Gasteiger partial charge is 0.0797 e. The number of nitrogens with one attached hydrogen (secondary N) is 1. The molecule has 2 N–H and O–H groups in total. The van der Waals surface area contributed by atoms with Gasteiger partial charge in [0.25, 0.3) is 0 Å². The van der Waals surface area contributed by atoms with E-state index in [9.17, 15) is 5.11 Å². The second kappa shape index (κ2) is 7.21. The fourth-order valence-corrected chi connectivity index (χ4v) is 3.28. The predicted molar refractivity (Wildman–Crippen MR) is 83.8 cm³/mol. The van der Waals surface area contributed by atoms with Crippen LogP contribution in [0, 0.1) is 0 Å². The number of aliphatic hydroxyl groups excluding tert-OH is 1. The lowest BCUT2D eigenvalue weighted by Gasteiger charge is -2.42. The van der Waals surface area contributed by atoms with Gasteiger partial charge in [0.2, 0.25) is 0 Å². The van der Waals surface area contributed by atoms with Crippen molar-refractivity contribution in [1.82, 2.24) is 10.2 Å². The van der Waals surface area contributed by atoms with Crippen LogP contribution in [0.5, 0.6) is 0 Å². The summed E-state index contributed by atoms with van der Waals surface area (Å²) in [5.41, 5.74) is 0.837. The molecule has 0 radical (unpaired) electrons. The third-order valence-electron chi connectivity index (χ3n) is 4.53. The zero-order valence-electron chi connectivity index (χ0n) is 12.8. The molecule has 2 unspecified atom stereocenters. The van der Waals surface area contributed by atoms with Crippen LogP contribution in [0.2, 0.25) is 0 Å². The second-order valence-electron chi connectivity index (χ2n) is 5.95. The molecule has 2 atom stereocenters. The Kier molecular flexibility index (Phi) is 5.58. The molecule has 0 amide bonds. The maximum Gasteiger partial charge on any atom is 0.0797 e. The fourth-order valence-electron chi connectivity index (χ4n) is 3.28. The third-order valence-corrected chi connectivity index (χ3v) is 4.53. The number of aliphatic hydroxyl groups is 1. The molecule has 0 aliphatic carbocycles. The first-order valence-electron chi connectivity index (χ1n) is 7.87. The maximum absolute atomic E-state index is 10.1. The monoisotopic (exact) mass is 276 g/mol. The van der Waals surface area contributed by atoms with Crippen molar-refractivity contribution in [1.29, 1.82) is 0 Å². The van der Waals surface area contributed by atoms with Crippen molar-refractivity contribution < 1.29 is 5.11 Å². The summed E-state index contributed by atoms with van der Waals surface area (Å²) < 4.78 is 0. The van der Waals surface area contributed by atoms with Gasteiger partial charge in [-0.1, -0.05) is 43.7 Å². The topological polar surface area (TPSA) is 35.5 Å². The van der Waals surface area contributed by atoms with Gasteiger partial charge in [-0.3, -0.25) is 4.90 Å². The van der Waals surface area contributed by atoms with Crippen molar-refractivity contribution in [3.8, 4) is 0 Å². The standard InChI is InChI=1S/C17H28N2O/c1-3-18-17(14-20,16-10-5-4-6-11-16)13-19-12-8-7-9-15(19)2/h4-6,10-11,15,18,20H,3,7-9,12-14H2,1-2H3. The quantitative estimate of drug-likeness (QED) is 0.837. The highest BCUT2D eigenvalue weighted by molar-refractivity contribution is 5.25. The van der Waals surface area contributed by atoms with Crippen LogP contribution in [0.1, 0.15) is 38.7 Å². The van der Waals surface area contributed by atoms with Gasteiger partial charge in [-0.05, 0) is 38.4 Å². The van der Waals surface area contributed by atoms with Crippen LogP contribution in [-0.4, -0.2) is 42.3 Å². The van der Waals surface area contributed by atoms with Gasteiger partial charge >= 0.3 is 0 Å². The van der Waals surface area contributed by atoms with E-state index >= 15 is 0 Å². The van der Waals surface area contributed by atoms with Crippen molar-refractivity contribution >= 4 is 0 Å². The van der Waals surface area contributed by atoms with Crippen LogP contribution >= 0.6 is 0 Å². The molecule has 112 valence electrons. The highest BCUT2D eigenvalue weighted by Gasteiger charge is 2.34. The summed E-state index contributed by atoms with van der Waals surface area (Å²) in [4.78, 5) is 2.52. The molecule has 0 saturated carbocycles. The first-order valence-corrected chi connectivity index (χ1v) is 7.87. The van der Waals surface area contributed by atoms with Crippen LogP contribution in [-0.2, 0) is 5.54 Å². The van der Waals surface area contributed by atoms with Crippen LogP contribution in [0.25, 0.3) is 0 Å². The first-order chi connectivity index (χ1) is 9.72. The molecule has 1 aromatic rings. The number of likely N-dealkylation sites (tertiary alicyclic amines) is 1. The molecule has 3 heteroatoms. The fraction of sp³-hybridized carbons (Fsp3) is 0.647. The Morgan fingerprint density at radius 3 is 2.65 bits per heavy atom. The number of hydrogen-bond acceptors (Lipinski definition) is 3. The lowest BCUT2D eigenvalue weighted by Crippen LogP contribution is -2.56. The highest BCUT2D eigenvalue weighted by atomic mass is 16.3. The maximum atomic E-state index is 10.1.